The van der Waals surface area contributed by atoms with Crippen LogP contribution in [-0.4, -0.2) is 23.9 Å². The van der Waals surface area contributed by atoms with E-state index in [1.165, 1.54) is 11.3 Å². The molecule has 100 valence electrons. The molecule has 19 heavy (non-hydrogen) atoms. The largest absolute Gasteiger partial charge is 0.332 e. The van der Waals surface area contributed by atoms with E-state index in [0.717, 1.165) is 14.9 Å². The van der Waals surface area contributed by atoms with Crippen LogP contribution in [0.25, 0.3) is 0 Å². The molecule has 0 spiro atoms. The van der Waals surface area contributed by atoms with Gasteiger partial charge in [-0.2, -0.15) is 0 Å². The first-order chi connectivity index (χ1) is 9.22. The number of halogens is 1. The van der Waals surface area contributed by atoms with Crippen LogP contribution in [0.5, 0.6) is 0 Å². The maximum atomic E-state index is 12.5. The number of carbonyl (C=O) groups is 1. The average molecular weight is 339 g/mol. The van der Waals surface area contributed by atoms with E-state index in [2.05, 4.69) is 15.9 Å². The molecule has 1 aromatic carbocycles. The Hall–Kier alpha value is -1.17. The summed E-state index contributed by atoms with van der Waals surface area (Å²) in [4.78, 5) is 15.0. The van der Waals surface area contributed by atoms with Gasteiger partial charge in [0.25, 0.3) is 5.91 Å². The van der Waals surface area contributed by atoms with Crippen molar-refractivity contribution in [1.29, 1.82) is 0 Å². The van der Waals surface area contributed by atoms with Crippen molar-refractivity contribution in [2.75, 3.05) is 13.1 Å². The van der Waals surface area contributed by atoms with Gasteiger partial charge >= 0.3 is 0 Å². The summed E-state index contributed by atoms with van der Waals surface area (Å²) < 4.78 is 0.845. The summed E-state index contributed by atoms with van der Waals surface area (Å²) in [7, 11) is 0. The molecule has 0 saturated heterocycles. The lowest BCUT2D eigenvalue weighted by molar-refractivity contribution is 0.0752. The Morgan fingerprint density at radius 2 is 2.00 bits per heavy atom. The number of thiophene rings is 1. The lowest BCUT2D eigenvalue weighted by atomic mass is 10.2. The molecule has 1 heterocycles. The van der Waals surface area contributed by atoms with Crippen LogP contribution in [0.3, 0.4) is 0 Å². The van der Waals surface area contributed by atoms with Gasteiger partial charge in [0.15, 0.2) is 0 Å². The molecular weight excluding hydrogens is 324 g/mol. The number of nitrogens with zero attached hydrogens (tertiary/aromatic N) is 1. The SMILES string of the molecule is NCCN(Cc1ccccc1)C(=O)c1sccc1Br. The van der Waals surface area contributed by atoms with Crippen LogP contribution in [0.4, 0.5) is 0 Å². The fraction of sp³-hybridized carbons (Fsp3) is 0.214. The van der Waals surface area contributed by atoms with Gasteiger partial charge in [-0.15, -0.1) is 11.3 Å². The molecule has 0 fully saturated rings. The van der Waals surface area contributed by atoms with Gasteiger partial charge in [0.2, 0.25) is 0 Å². The number of carbonyl (C=O) groups excluding carboxylic acids is 1. The van der Waals surface area contributed by atoms with Crippen LogP contribution in [0.2, 0.25) is 0 Å². The Bertz CT molecular complexity index is 541. The van der Waals surface area contributed by atoms with Gasteiger partial charge in [-0.1, -0.05) is 30.3 Å². The first kappa shape index (κ1) is 14.2. The fourth-order valence-electron chi connectivity index (χ4n) is 1.80. The van der Waals surface area contributed by atoms with Crippen LogP contribution in [0, 0.1) is 0 Å². The van der Waals surface area contributed by atoms with E-state index in [-0.39, 0.29) is 5.91 Å². The normalized spacial score (nSPS) is 10.4. The molecule has 0 aliphatic carbocycles. The third kappa shape index (κ3) is 3.65. The summed E-state index contributed by atoms with van der Waals surface area (Å²) in [5.41, 5.74) is 6.72. The summed E-state index contributed by atoms with van der Waals surface area (Å²) in [5.74, 6) is 0.0242. The van der Waals surface area contributed by atoms with Crippen LogP contribution < -0.4 is 5.73 Å². The highest BCUT2D eigenvalue weighted by molar-refractivity contribution is 9.10. The monoisotopic (exact) mass is 338 g/mol. The second-order valence-corrected chi connectivity index (χ2v) is 5.87. The maximum absolute atomic E-state index is 12.5. The quantitative estimate of drug-likeness (QED) is 0.910. The molecule has 5 heteroatoms. The molecule has 0 aliphatic rings. The Morgan fingerprint density at radius 3 is 2.58 bits per heavy atom. The molecule has 3 nitrogen and oxygen atoms in total. The molecular formula is C14H15BrN2OS. The highest BCUT2D eigenvalue weighted by atomic mass is 79.9. The third-order valence-corrected chi connectivity index (χ3v) is 4.54. The second kappa shape index (κ2) is 6.84. The molecule has 1 amide bonds. The minimum absolute atomic E-state index is 0.0242. The highest BCUT2D eigenvalue weighted by Gasteiger charge is 2.19. The second-order valence-electron chi connectivity index (χ2n) is 4.10. The summed E-state index contributed by atoms with van der Waals surface area (Å²) in [6.07, 6.45) is 0. The van der Waals surface area contributed by atoms with E-state index >= 15 is 0 Å². The summed E-state index contributed by atoms with van der Waals surface area (Å²) in [5, 5.41) is 1.90. The summed E-state index contributed by atoms with van der Waals surface area (Å²) in [6, 6.07) is 11.8. The zero-order chi connectivity index (χ0) is 13.7. The van der Waals surface area contributed by atoms with Crippen molar-refractivity contribution in [3.63, 3.8) is 0 Å². The van der Waals surface area contributed by atoms with Crippen LogP contribution in [0.15, 0.2) is 46.3 Å². The molecule has 0 atom stereocenters. The Balaban J connectivity index is 2.16. The smallest absolute Gasteiger partial charge is 0.265 e. The van der Waals surface area contributed by atoms with Gasteiger partial charge in [0, 0.05) is 24.1 Å². The van der Waals surface area contributed by atoms with Gasteiger partial charge in [-0.25, -0.2) is 0 Å². The molecule has 0 radical (unpaired) electrons. The van der Waals surface area contributed by atoms with Crippen molar-refractivity contribution in [2.24, 2.45) is 5.73 Å². The van der Waals surface area contributed by atoms with Crippen molar-refractivity contribution in [2.45, 2.75) is 6.54 Å². The maximum Gasteiger partial charge on any atom is 0.265 e. The summed E-state index contributed by atoms with van der Waals surface area (Å²) >= 11 is 4.85. The zero-order valence-electron chi connectivity index (χ0n) is 10.4. The fourth-order valence-corrected chi connectivity index (χ4v) is 3.31. The molecule has 0 aliphatic heterocycles. The van der Waals surface area contributed by atoms with E-state index in [1.807, 2.05) is 41.8 Å². The predicted molar refractivity (Wildman–Crippen MR) is 82.3 cm³/mol. The molecule has 2 aromatic rings. The van der Waals surface area contributed by atoms with Gasteiger partial charge in [-0.3, -0.25) is 4.79 Å². The standard InChI is InChI=1S/C14H15BrN2OS/c15-12-6-9-19-13(12)14(18)17(8-7-16)10-11-4-2-1-3-5-11/h1-6,9H,7-8,10,16H2. The topological polar surface area (TPSA) is 46.3 Å². The van der Waals surface area contributed by atoms with Gasteiger partial charge < -0.3 is 10.6 Å². The van der Waals surface area contributed by atoms with Gasteiger partial charge in [-0.05, 0) is 32.9 Å². The molecule has 0 unspecified atom stereocenters. The first-order valence-electron chi connectivity index (χ1n) is 5.98. The number of rotatable bonds is 5. The molecule has 2 rings (SSSR count). The van der Waals surface area contributed by atoms with Gasteiger partial charge in [0.1, 0.15) is 4.88 Å². The third-order valence-electron chi connectivity index (χ3n) is 2.71. The minimum atomic E-state index is 0.0242. The Labute approximate surface area is 125 Å². The van der Waals surface area contributed by atoms with Crippen molar-refractivity contribution in [3.8, 4) is 0 Å². The number of hydrogen-bond donors (Lipinski definition) is 1. The number of nitrogens with two attached hydrogens (primary N) is 1. The first-order valence-corrected chi connectivity index (χ1v) is 7.66. The van der Waals surface area contributed by atoms with Crippen molar-refractivity contribution in [1.82, 2.24) is 4.90 Å². The average Bonchev–Trinajstić information content (AvgIpc) is 2.85. The van der Waals surface area contributed by atoms with Crippen LogP contribution in [0.1, 0.15) is 15.2 Å². The minimum Gasteiger partial charge on any atom is -0.332 e. The number of amides is 1. The van der Waals surface area contributed by atoms with Crippen LogP contribution >= 0.6 is 27.3 Å². The molecule has 2 N–H and O–H groups in total. The molecule has 0 bridgehead atoms. The predicted octanol–water partition coefficient (Wildman–Crippen LogP) is 3.11. The lowest BCUT2D eigenvalue weighted by Crippen LogP contribution is -2.34. The number of benzene rings is 1. The zero-order valence-corrected chi connectivity index (χ0v) is 12.8. The van der Waals surface area contributed by atoms with E-state index in [9.17, 15) is 4.79 Å². The lowest BCUT2D eigenvalue weighted by Gasteiger charge is -2.21. The van der Waals surface area contributed by atoms with E-state index < -0.39 is 0 Å². The van der Waals surface area contributed by atoms with Gasteiger partial charge in [0.05, 0.1) is 0 Å². The van der Waals surface area contributed by atoms with Crippen molar-refractivity contribution >= 4 is 33.2 Å². The van der Waals surface area contributed by atoms with Crippen molar-refractivity contribution < 1.29 is 4.79 Å². The number of hydrogen-bond acceptors (Lipinski definition) is 3. The Kier molecular flexibility index (Phi) is 5.13. The highest BCUT2D eigenvalue weighted by Crippen LogP contribution is 2.24. The Morgan fingerprint density at radius 1 is 1.26 bits per heavy atom. The molecule has 0 saturated carbocycles. The van der Waals surface area contributed by atoms with Crippen LogP contribution in [-0.2, 0) is 6.54 Å². The van der Waals surface area contributed by atoms with Crippen molar-refractivity contribution in [3.05, 3.63) is 56.7 Å². The summed E-state index contributed by atoms with van der Waals surface area (Å²) in [6.45, 7) is 1.60. The van der Waals surface area contributed by atoms with E-state index in [1.54, 1.807) is 4.90 Å². The molecule has 1 aromatic heterocycles. The van der Waals surface area contributed by atoms with E-state index in [4.69, 9.17) is 5.73 Å². The van der Waals surface area contributed by atoms with E-state index in [0.29, 0.717) is 19.6 Å².